The van der Waals surface area contributed by atoms with Crippen LogP contribution in [0.5, 0.6) is 0 Å². The molecule has 0 saturated heterocycles. The van der Waals surface area contributed by atoms with Gasteiger partial charge in [-0.1, -0.05) is 36.4 Å². The highest BCUT2D eigenvalue weighted by Crippen LogP contribution is 2.05. The van der Waals surface area contributed by atoms with Crippen molar-refractivity contribution < 1.29 is 4.79 Å². The molecule has 1 amide bonds. The van der Waals surface area contributed by atoms with E-state index in [2.05, 4.69) is 21.4 Å². The molecule has 0 unspecified atom stereocenters. The molecule has 2 rings (SSSR count). The van der Waals surface area contributed by atoms with Crippen molar-refractivity contribution in [3.8, 4) is 0 Å². The van der Waals surface area contributed by atoms with Crippen molar-refractivity contribution in [3.05, 3.63) is 60.7 Å². The zero-order valence-corrected chi connectivity index (χ0v) is 11.1. The predicted octanol–water partition coefficient (Wildman–Crippen LogP) is 2.62. The molecular weight excluding hydrogens is 252 g/mol. The standard InChI is InChI=1S/C15H16N4O/c1-12(16-17-13-8-4-2-5-9-13)15(20)19-18-14-10-6-3-7-11-14/h2-11,17-18H,1H3,(H,19,20). The Labute approximate surface area is 117 Å². The molecule has 0 heterocycles. The minimum absolute atomic E-state index is 0.294. The van der Waals surface area contributed by atoms with Crippen molar-refractivity contribution in [1.29, 1.82) is 0 Å². The summed E-state index contributed by atoms with van der Waals surface area (Å²) in [6.45, 7) is 1.64. The normalized spacial score (nSPS) is 10.8. The molecule has 0 spiro atoms. The van der Waals surface area contributed by atoms with E-state index in [1.165, 1.54) is 0 Å². The summed E-state index contributed by atoms with van der Waals surface area (Å²) in [7, 11) is 0. The molecule has 5 heteroatoms. The first-order valence-corrected chi connectivity index (χ1v) is 6.22. The zero-order valence-electron chi connectivity index (χ0n) is 11.1. The van der Waals surface area contributed by atoms with Gasteiger partial charge in [0.1, 0.15) is 5.71 Å². The second kappa shape index (κ2) is 6.94. The average Bonchev–Trinajstić information content (AvgIpc) is 2.52. The highest BCUT2D eigenvalue weighted by atomic mass is 16.2. The van der Waals surface area contributed by atoms with Gasteiger partial charge >= 0.3 is 0 Å². The Morgan fingerprint density at radius 3 is 2.05 bits per heavy atom. The van der Waals surface area contributed by atoms with Crippen LogP contribution in [0.4, 0.5) is 11.4 Å². The minimum Gasteiger partial charge on any atom is -0.298 e. The molecule has 0 aliphatic heterocycles. The summed E-state index contributed by atoms with van der Waals surface area (Å²) in [5, 5.41) is 4.02. The number of nitrogens with zero attached hydrogens (tertiary/aromatic N) is 1. The van der Waals surface area contributed by atoms with Gasteiger partial charge in [0.05, 0.1) is 11.4 Å². The number of hydrogen-bond donors (Lipinski definition) is 3. The van der Waals surface area contributed by atoms with Crippen molar-refractivity contribution >= 4 is 23.0 Å². The third kappa shape index (κ3) is 4.13. The lowest BCUT2D eigenvalue weighted by atomic mass is 10.3. The van der Waals surface area contributed by atoms with E-state index in [-0.39, 0.29) is 5.91 Å². The highest BCUT2D eigenvalue weighted by molar-refractivity contribution is 6.38. The van der Waals surface area contributed by atoms with Crippen LogP contribution in [-0.2, 0) is 4.79 Å². The molecule has 2 aromatic rings. The van der Waals surface area contributed by atoms with Gasteiger partial charge in [-0.2, -0.15) is 5.10 Å². The number of hydrazone groups is 1. The lowest BCUT2D eigenvalue weighted by molar-refractivity contribution is -0.114. The summed E-state index contributed by atoms with van der Waals surface area (Å²) >= 11 is 0. The lowest BCUT2D eigenvalue weighted by Crippen LogP contribution is -2.34. The first kappa shape index (κ1) is 13.6. The third-order valence-corrected chi connectivity index (χ3v) is 2.55. The Balaban J connectivity index is 1.85. The number of hydrazine groups is 1. The minimum atomic E-state index is -0.294. The molecule has 0 aromatic heterocycles. The zero-order chi connectivity index (χ0) is 14.2. The summed E-state index contributed by atoms with van der Waals surface area (Å²) in [6, 6.07) is 18.8. The second-order valence-electron chi connectivity index (χ2n) is 4.12. The fraction of sp³-hybridized carbons (Fsp3) is 0.0667. The summed E-state index contributed by atoms with van der Waals surface area (Å²) in [4.78, 5) is 11.8. The van der Waals surface area contributed by atoms with Crippen LogP contribution in [0.15, 0.2) is 65.8 Å². The molecule has 0 saturated carbocycles. The second-order valence-corrected chi connectivity index (χ2v) is 4.12. The largest absolute Gasteiger partial charge is 0.298 e. The molecule has 3 N–H and O–H groups in total. The van der Waals surface area contributed by atoms with E-state index in [0.29, 0.717) is 5.71 Å². The summed E-state index contributed by atoms with van der Waals surface area (Å²) in [6.07, 6.45) is 0. The molecule has 0 fully saturated rings. The van der Waals surface area contributed by atoms with Crippen LogP contribution in [0.25, 0.3) is 0 Å². The van der Waals surface area contributed by atoms with Gasteiger partial charge in [-0.25, -0.2) is 0 Å². The number of carbonyl (C=O) groups is 1. The molecular formula is C15H16N4O. The monoisotopic (exact) mass is 268 g/mol. The Morgan fingerprint density at radius 2 is 1.45 bits per heavy atom. The number of hydrogen-bond acceptors (Lipinski definition) is 4. The molecule has 0 aliphatic rings. The van der Waals surface area contributed by atoms with E-state index in [1.807, 2.05) is 60.7 Å². The van der Waals surface area contributed by atoms with Crippen LogP contribution in [0, 0.1) is 0 Å². The maximum Gasteiger partial charge on any atom is 0.285 e. The van der Waals surface area contributed by atoms with Gasteiger partial charge in [0.2, 0.25) is 0 Å². The number of rotatable bonds is 5. The number of amides is 1. The maximum atomic E-state index is 11.8. The molecule has 0 atom stereocenters. The molecule has 20 heavy (non-hydrogen) atoms. The van der Waals surface area contributed by atoms with Gasteiger partial charge in [-0.15, -0.1) is 0 Å². The molecule has 0 bridgehead atoms. The van der Waals surface area contributed by atoms with Crippen LogP contribution in [0.3, 0.4) is 0 Å². The maximum absolute atomic E-state index is 11.8. The molecule has 2 aromatic carbocycles. The van der Waals surface area contributed by atoms with Crippen LogP contribution in [0.1, 0.15) is 6.92 Å². The van der Waals surface area contributed by atoms with Crippen molar-refractivity contribution in [2.45, 2.75) is 6.92 Å². The molecule has 0 aliphatic carbocycles. The number of anilines is 2. The van der Waals surface area contributed by atoms with E-state index in [4.69, 9.17) is 0 Å². The molecule has 0 radical (unpaired) electrons. The Kier molecular flexibility index (Phi) is 4.72. The first-order valence-electron chi connectivity index (χ1n) is 6.22. The quantitative estimate of drug-likeness (QED) is 0.577. The van der Waals surface area contributed by atoms with Gasteiger partial charge in [-0.05, 0) is 31.2 Å². The van der Waals surface area contributed by atoms with Gasteiger partial charge < -0.3 is 0 Å². The average molecular weight is 268 g/mol. The lowest BCUT2D eigenvalue weighted by Gasteiger charge is -2.08. The van der Waals surface area contributed by atoms with Gasteiger partial charge in [0.15, 0.2) is 0 Å². The van der Waals surface area contributed by atoms with E-state index in [0.717, 1.165) is 11.4 Å². The van der Waals surface area contributed by atoms with Crippen molar-refractivity contribution in [2.75, 3.05) is 10.9 Å². The third-order valence-electron chi connectivity index (χ3n) is 2.55. The van der Waals surface area contributed by atoms with Crippen LogP contribution >= 0.6 is 0 Å². The highest BCUT2D eigenvalue weighted by Gasteiger charge is 2.04. The Bertz CT molecular complexity index is 581. The summed E-state index contributed by atoms with van der Waals surface area (Å²) in [5.74, 6) is -0.294. The van der Waals surface area contributed by atoms with E-state index in [1.54, 1.807) is 6.92 Å². The number of benzene rings is 2. The first-order chi connectivity index (χ1) is 9.75. The summed E-state index contributed by atoms with van der Waals surface area (Å²) in [5.41, 5.74) is 10.2. The predicted molar refractivity (Wildman–Crippen MR) is 81.4 cm³/mol. The Hall–Kier alpha value is -2.82. The summed E-state index contributed by atoms with van der Waals surface area (Å²) < 4.78 is 0. The van der Waals surface area contributed by atoms with Crippen molar-refractivity contribution in [3.63, 3.8) is 0 Å². The van der Waals surface area contributed by atoms with Crippen LogP contribution in [0.2, 0.25) is 0 Å². The van der Waals surface area contributed by atoms with Crippen molar-refractivity contribution in [2.24, 2.45) is 5.10 Å². The van der Waals surface area contributed by atoms with E-state index < -0.39 is 0 Å². The topological polar surface area (TPSA) is 65.5 Å². The smallest absolute Gasteiger partial charge is 0.285 e. The molecule has 5 nitrogen and oxygen atoms in total. The molecule has 102 valence electrons. The van der Waals surface area contributed by atoms with Crippen molar-refractivity contribution in [1.82, 2.24) is 5.43 Å². The fourth-order valence-corrected chi connectivity index (χ4v) is 1.45. The Morgan fingerprint density at radius 1 is 0.900 bits per heavy atom. The van der Waals surface area contributed by atoms with E-state index >= 15 is 0 Å². The van der Waals surface area contributed by atoms with Gasteiger partial charge in [-0.3, -0.25) is 21.1 Å². The van der Waals surface area contributed by atoms with Crippen LogP contribution in [-0.4, -0.2) is 11.6 Å². The van der Waals surface area contributed by atoms with E-state index in [9.17, 15) is 4.79 Å². The number of nitrogens with one attached hydrogen (secondary N) is 3. The number of para-hydroxylation sites is 2. The SMILES string of the molecule is CC(=NNc1ccccc1)C(=O)NNc1ccccc1. The number of carbonyl (C=O) groups excluding carboxylic acids is 1. The fourth-order valence-electron chi connectivity index (χ4n) is 1.45. The van der Waals surface area contributed by atoms with Gasteiger partial charge in [0, 0.05) is 0 Å². The van der Waals surface area contributed by atoms with Gasteiger partial charge in [0.25, 0.3) is 5.91 Å². The van der Waals surface area contributed by atoms with Crippen LogP contribution < -0.4 is 16.3 Å².